The molecule has 2 aromatic carbocycles. The van der Waals surface area contributed by atoms with E-state index >= 15 is 0 Å². The minimum atomic E-state index is -1.56. The first-order valence-electron chi connectivity index (χ1n) is 11.0. The topological polar surface area (TPSA) is 56.8 Å². The molecule has 1 atom stereocenters. The molecule has 2 aliphatic rings. The standard InChI is InChI=1S/C26H28N3O2/c1-5-11-28-18(4)6-7-19-15-20(8-9-23(19)28)29-12-10-26(31)24(30)21-13-16(2)17(3)14-22(21)27-25(26)29/h6-9,13-15,31H,5,10-12H2,1-4H3/q+1/t26-/m1/s1. The van der Waals surface area contributed by atoms with Crippen LogP contribution in [0.5, 0.6) is 0 Å². The van der Waals surface area contributed by atoms with Crippen molar-refractivity contribution in [3.63, 3.8) is 0 Å². The zero-order valence-corrected chi connectivity index (χ0v) is 18.6. The summed E-state index contributed by atoms with van der Waals surface area (Å²) >= 11 is 0. The van der Waals surface area contributed by atoms with Crippen LogP contribution in [0.1, 0.15) is 46.9 Å². The molecule has 5 nitrogen and oxygen atoms in total. The van der Waals surface area contributed by atoms with Crippen LogP contribution in [0.4, 0.5) is 11.4 Å². The molecule has 158 valence electrons. The van der Waals surface area contributed by atoms with Gasteiger partial charge in [0, 0.05) is 55.1 Å². The Labute approximate surface area is 182 Å². The molecule has 3 aromatic rings. The van der Waals surface area contributed by atoms with E-state index in [4.69, 9.17) is 4.99 Å². The van der Waals surface area contributed by atoms with Gasteiger partial charge in [-0.25, -0.2) is 4.99 Å². The predicted molar refractivity (Wildman–Crippen MR) is 123 cm³/mol. The number of hydrogen-bond acceptors (Lipinski definition) is 4. The fourth-order valence-electron chi connectivity index (χ4n) is 4.85. The van der Waals surface area contributed by atoms with E-state index in [9.17, 15) is 9.90 Å². The number of ketones is 1. The molecule has 2 aliphatic heterocycles. The Morgan fingerprint density at radius 3 is 2.65 bits per heavy atom. The number of pyridine rings is 1. The van der Waals surface area contributed by atoms with Crippen LogP contribution in [0.15, 0.2) is 47.5 Å². The second-order valence-corrected chi connectivity index (χ2v) is 8.85. The summed E-state index contributed by atoms with van der Waals surface area (Å²) in [6, 6.07) is 14.4. The van der Waals surface area contributed by atoms with E-state index in [1.54, 1.807) is 0 Å². The molecule has 0 spiro atoms. The summed E-state index contributed by atoms with van der Waals surface area (Å²) in [5, 5.41) is 12.5. The van der Waals surface area contributed by atoms with Crippen molar-refractivity contribution in [3.05, 3.63) is 64.8 Å². The maximum Gasteiger partial charge on any atom is 0.212 e. The average molecular weight is 415 g/mol. The molecule has 5 rings (SSSR count). The lowest BCUT2D eigenvalue weighted by atomic mass is 9.86. The Morgan fingerprint density at radius 1 is 1.10 bits per heavy atom. The number of carbonyl (C=O) groups is 1. The van der Waals surface area contributed by atoms with Crippen LogP contribution in [0, 0.1) is 20.8 Å². The van der Waals surface area contributed by atoms with Crippen LogP contribution < -0.4 is 9.47 Å². The highest BCUT2D eigenvalue weighted by atomic mass is 16.3. The quantitative estimate of drug-likeness (QED) is 0.649. The summed E-state index contributed by atoms with van der Waals surface area (Å²) < 4.78 is 2.34. The third-order valence-electron chi connectivity index (χ3n) is 6.77. The highest BCUT2D eigenvalue weighted by molar-refractivity contribution is 6.28. The fraction of sp³-hybridized carbons (Fsp3) is 0.346. The molecular formula is C26H28N3O2+. The smallest absolute Gasteiger partial charge is 0.212 e. The zero-order valence-electron chi connectivity index (χ0n) is 18.6. The molecule has 0 saturated carbocycles. The number of benzene rings is 2. The van der Waals surface area contributed by atoms with Gasteiger partial charge in [-0.1, -0.05) is 6.92 Å². The Kier molecular flexibility index (Phi) is 4.48. The highest BCUT2D eigenvalue weighted by Crippen LogP contribution is 2.40. The average Bonchev–Trinajstić information content (AvgIpc) is 3.09. The molecule has 1 N–H and O–H groups in total. The maximum absolute atomic E-state index is 13.3. The van der Waals surface area contributed by atoms with Crippen molar-refractivity contribution in [1.29, 1.82) is 0 Å². The Balaban J connectivity index is 1.63. The summed E-state index contributed by atoms with van der Waals surface area (Å²) in [6.45, 7) is 9.85. The van der Waals surface area contributed by atoms with Crippen LogP contribution in [-0.4, -0.2) is 28.9 Å². The van der Waals surface area contributed by atoms with Crippen LogP contribution >= 0.6 is 0 Å². The second-order valence-electron chi connectivity index (χ2n) is 8.85. The lowest BCUT2D eigenvalue weighted by Crippen LogP contribution is -2.48. The summed E-state index contributed by atoms with van der Waals surface area (Å²) in [4.78, 5) is 20.1. The van der Waals surface area contributed by atoms with Crippen molar-refractivity contribution in [3.8, 4) is 0 Å². The minimum Gasteiger partial charge on any atom is -0.374 e. The van der Waals surface area contributed by atoms with E-state index in [2.05, 4.69) is 48.7 Å². The summed E-state index contributed by atoms with van der Waals surface area (Å²) in [7, 11) is 0. The number of fused-ring (bicyclic) bond motifs is 3. The minimum absolute atomic E-state index is 0.240. The van der Waals surface area contributed by atoms with Crippen molar-refractivity contribution >= 4 is 33.9 Å². The Hall–Kier alpha value is -3.05. The van der Waals surface area contributed by atoms with Gasteiger partial charge < -0.3 is 10.0 Å². The number of aliphatic hydroxyl groups is 1. The molecule has 0 bridgehead atoms. The predicted octanol–water partition coefficient (Wildman–Crippen LogP) is 4.33. The molecule has 0 aliphatic carbocycles. The monoisotopic (exact) mass is 414 g/mol. The molecule has 31 heavy (non-hydrogen) atoms. The largest absolute Gasteiger partial charge is 0.374 e. The van der Waals surface area contributed by atoms with Crippen LogP contribution in [-0.2, 0) is 6.54 Å². The molecule has 5 heteroatoms. The molecule has 0 amide bonds. The highest BCUT2D eigenvalue weighted by Gasteiger charge is 2.52. The summed E-state index contributed by atoms with van der Waals surface area (Å²) in [6.07, 6.45) is 1.42. The summed E-state index contributed by atoms with van der Waals surface area (Å²) in [5.41, 5.74) is 5.12. The Morgan fingerprint density at radius 2 is 1.87 bits per heavy atom. The SMILES string of the molecule is CCC[n+]1c(C)ccc2cc(N3CC[C@@]4(O)C(=O)c5cc(C)c(C)cc5N=C34)ccc21. The summed E-state index contributed by atoms with van der Waals surface area (Å²) in [5.74, 6) is 0.205. The van der Waals surface area contributed by atoms with Gasteiger partial charge in [0.2, 0.25) is 11.3 Å². The van der Waals surface area contributed by atoms with Gasteiger partial charge in [0.15, 0.2) is 11.3 Å². The second kappa shape index (κ2) is 6.99. The molecular weight excluding hydrogens is 386 g/mol. The van der Waals surface area contributed by atoms with E-state index in [1.807, 2.05) is 30.9 Å². The number of aryl methyl sites for hydroxylation is 4. The van der Waals surface area contributed by atoms with Gasteiger partial charge in [0.05, 0.1) is 5.69 Å². The lowest BCUT2D eigenvalue weighted by Gasteiger charge is -2.30. The van der Waals surface area contributed by atoms with Crippen molar-refractivity contribution < 1.29 is 14.5 Å². The molecule has 0 radical (unpaired) electrons. The van der Waals surface area contributed by atoms with Crippen LogP contribution in [0.3, 0.4) is 0 Å². The number of carbonyl (C=O) groups excluding carboxylic acids is 1. The number of anilines is 1. The van der Waals surface area contributed by atoms with Gasteiger partial charge in [0.1, 0.15) is 12.4 Å². The molecule has 0 unspecified atom stereocenters. The van der Waals surface area contributed by atoms with Crippen molar-refractivity contribution in [1.82, 2.24) is 0 Å². The third-order valence-corrected chi connectivity index (χ3v) is 6.77. The van der Waals surface area contributed by atoms with Crippen LogP contribution in [0.25, 0.3) is 10.9 Å². The zero-order chi connectivity index (χ0) is 21.9. The number of Topliss-reactive ketones (excluding diaryl/α,β-unsaturated/α-hetero) is 1. The van der Waals surface area contributed by atoms with Crippen LogP contribution in [0.2, 0.25) is 0 Å². The first-order valence-corrected chi connectivity index (χ1v) is 11.0. The van der Waals surface area contributed by atoms with Gasteiger partial charge >= 0.3 is 0 Å². The number of aliphatic imine (C=N–C) groups is 1. The molecule has 1 fully saturated rings. The first-order chi connectivity index (χ1) is 14.8. The maximum atomic E-state index is 13.3. The number of nitrogens with zero attached hydrogens (tertiary/aromatic N) is 3. The van der Waals surface area contributed by atoms with E-state index < -0.39 is 5.60 Å². The van der Waals surface area contributed by atoms with E-state index in [0.29, 0.717) is 30.1 Å². The normalized spacial score (nSPS) is 20.1. The van der Waals surface area contributed by atoms with E-state index in [1.165, 1.54) is 11.2 Å². The number of rotatable bonds is 3. The van der Waals surface area contributed by atoms with Crippen molar-refractivity contribution in [2.24, 2.45) is 4.99 Å². The van der Waals surface area contributed by atoms with Crippen molar-refractivity contribution in [2.45, 2.75) is 52.7 Å². The van der Waals surface area contributed by atoms with Crippen molar-refractivity contribution in [2.75, 3.05) is 11.4 Å². The van der Waals surface area contributed by atoms with Gasteiger partial charge in [-0.3, -0.25) is 4.79 Å². The van der Waals surface area contributed by atoms with Gasteiger partial charge in [0.25, 0.3) is 0 Å². The number of hydrogen-bond donors (Lipinski definition) is 1. The van der Waals surface area contributed by atoms with Gasteiger partial charge in [-0.05, 0) is 55.3 Å². The number of aromatic nitrogens is 1. The lowest BCUT2D eigenvalue weighted by molar-refractivity contribution is -0.677. The van der Waals surface area contributed by atoms with Gasteiger partial charge in [-0.15, -0.1) is 0 Å². The Bertz CT molecular complexity index is 1280. The molecule has 1 aromatic heterocycles. The number of amidine groups is 1. The third kappa shape index (κ3) is 2.91. The molecule has 1 saturated heterocycles. The first kappa shape index (κ1) is 19.9. The van der Waals surface area contributed by atoms with E-state index in [-0.39, 0.29) is 5.78 Å². The van der Waals surface area contributed by atoms with Gasteiger partial charge in [-0.2, -0.15) is 4.57 Å². The fourth-order valence-corrected chi connectivity index (χ4v) is 4.85. The molecule has 3 heterocycles. The van der Waals surface area contributed by atoms with E-state index in [0.717, 1.165) is 35.2 Å².